The Balaban J connectivity index is 2.35. The third-order valence-corrected chi connectivity index (χ3v) is 6.01. The molecule has 0 heterocycles. The zero-order valence-electron chi connectivity index (χ0n) is 18.8. The molecule has 0 spiro atoms. The highest BCUT2D eigenvalue weighted by atomic mass is 32.2. The molecule has 0 unspecified atom stereocenters. The first-order valence-electron chi connectivity index (χ1n) is 10.3. The number of nitrogens with one attached hydrogen (secondary N) is 1. The molecule has 0 bridgehead atoms. The molecule has 1 atom stereocenters. The number of benzene rings is 2. The summed E-state index contributed by atoms with van der Waals surface area (Å²) in [5, 5.41) is 2.77. The third-order valence-electron chi connectivity index (χ3n) is 4.87. The largest absolute Gasteiger partial charge is 0.354 e. The van der Waals surface area contributed by atoms with Gasteiger partial charge in [0.2, 0.25) is 21.8 Å². The van der Waals surface area contributed by atoms with Gasteiger partial charge in [0.25, 0.3) is 0 Å². The van der Waals surface area contributed by atoms with E-state index in [2.05, 4.69) is 5.32 Å². The molecule has 7 nitrogen and oxygen atoms in total. The monoisotopic (exact) mass is 463 g/mol. The van der Waals surface area contributed by atoms with Crippen LogP contribution >= 0.6 is 0 Å². The average molecular weight is 464 g/mol. The number of halogens is 1. The van der Waals surface area contributed by atoms with E-state index in [0.29, 0.717) is 12.2 Å². The zero-order valence-corrected chi connectivity index (χ0v) is 19.6. The minimum atomic E-state index is -3.78. The van der Waals surface area contributed by atoms with Gasteiger partial charge in [-0.1, -0.05) is 50.2 Å². The number of para-hydroxylation sites is 1. The minimum Gasteiger partial charge on any atom is -0.354 e. The summed E-state index contributed by atoms with van der Waals surface area (Å²) in [5.74, 6) is -1.31. The predicted octanol–water partition coefficient (Wildman–Crippen LogP) is 2.78. The van der Waals surface area contributed by atoms with Crippen molar-refractivity contribution in [1.82, 2.24) is 10.2 Å². The van der Waals surface area contributed by atoms with Gasteiger partial charge in [-0.15, -0.1) is 0 Å². The molecule has 0 aromatic heterocycles. The van der Waals surface area contributed by atoms with Crippen molar-refractivity contribution in [2.45, 2.75) is 33.4 Å². The number of rotatable bonds is 10. The molecule has 2 aromatic rings. The summed E-state index contributed by atoms with van der Waals surface area (Å²) in [5.41, 5.74) is 0.557. The van der Waals surface area contributed by atoms with Gasteiger partial charge in [0.15, 0.2) is 0 Å². The molecule has 2 aromatic carbocycles. The van der Waals surface area contributed by atoms with Crippen molar-refractivity contribution in [2.75, 3.05) is 23.7 Å². The molecule has 0 radical (unpaired) electrons. The van der Waals surface area contributed by atoms with Crippen LogP contribution in [-0.2, 0) is 26.2 Å². The molecular weight excluding hydrogens is 433 g/mol. The number of anilines is 1. The summed E-state index contributed by atoms with van der Waals surface area (Å²) in [6.45, 7) is 5.16. The van der Waals surface area contributed by atoms with Gasteiger partial charge >= 0.3 is 0 Å². The SMILES string of the molecule is CC(C)CNC(=O)[C@@H](C)N(Cc1ccccc1F)C(=O)CN(c1ccccc1)S(C)(=O)=O. The van der Waals surface area contributed by atoms with Crippen LogP contribution in [-0.4, -0.2) is 50.5 Å². The minimum absolute atomic E-state index is 0.172. The Morgan fingerprint density at radius 2 is 1.59 bits per heavy atom. The molecule has 174 valence electrons. The standard InChI is InChI=1S/C23H30FN3O4S/c1-17(2)14-25-23(29)18(3)26(15-19-10-8-9-13-21(19)24)22(28)16-27(32(4,30)31)20-11-6-5-7-12-20/h5-13,17-18H,14-16H2,1-4H3,(H,25,29)/t18-/m1/s1. The smallest absolute Gasteiger partial charge is 0.244 e. The second kappa shape index (κ2) is 11.1. The van der Waals surface area contributed by atoms with E-state index in [1.54, 1.807) is 43.3 Å². The first kappa shape index (κ1) is 25.3. The summed E-state index contributed by atoms with van der Waals surface area (Å²) in [4.78, 5) is 27.2. The number of nitrogens with zero attached hydrogens (tertiary/aromatic N) is 2. The molecule has 32 heavy (non-hydrogen) atoms. The Kier molecular flexibility index (Phi) is 8.77. The summed E-state index contributed by atoms with van der Waals surface area (Å²) in [7, 11) is -3.78. The predicted molar refractivity (Wildman–Crippen MR) is 123 cm³/mol. The maximum Gasteiger partial charge on any atom is 0.244 e. The van der Waals surface area contributed by atoms with E-state index in [1.807, 2.05) is 13.8 Å². The Morgan fingerprint density at radius 1 is 1.00 bits per heavy atom. The fourth-order valence-electron chi connectivity index (χ4n) is 3.05. The Hall–Kier alpha value is -2.94. The summed E-state index contributed by atoms with van der Waals surface area (Å²) in [6.07, 6.45) is 1.01. The first-order chi connectivity index (χ1) is 15.0. The summed E-state index contributed by atoms with van der Waals surface area (Å²) < 4.78 is 40.1. The van der Waals surface area contributed by atoms with Gasteiger partial charge < -0.3 is 10.2 Å². The quantitative estimate of drug-likeness (QED) is 0.587. The third kappa shape index (κ3) is 7.05. The molecule has 2 rings (SSSR count). The van der Waals surface area contributed by atoms with Crippen molar-refractivity contribution >= 4 is 27.5 Å². The molecule has 0 aliphatic heterocycles. The van der Waals surface area contributed by atoms with Crippen LogP contribution in [0.4, 0.5) is 10.1 Å². The topological polar surface area (TPSA) is 86.8 Å². The van der Waals surface area contributed by atoms with Gasteiger partial charge in [-0.05, 0) is 31.0 Å². The first-order valence-corrected chi connectivity index (χ1v) is 12.2. The van der Waals surface area contributed by atoms with E-state index >= 15 is 0 Å². The van der Waals surface area contributed by atoms with Gasteiger partial charge in [-0.2, -0.15) is 0 Å². The van der Waals surface area contributed by atoms with E-state index in [1.165, 1.54) is 23.1 Å². The van der Waals surface area contributed by atoms with Gasteiger partial charge in [0.1, 0.15) is 18.4 Å². The van der Waals surface area contributed by atoms with Gasteiger partial charge in [-0.25, -0.2) is 12.8 Å². The van der Waals surface area contributed by atoms with Gasteiger partial charge in [0, 0.05) is 18.7 Å². The van der Waals surface area contributed by atoms with Crippen molar-refractivity contribution in [2.24, 2.45) is 5.92 Å². The fraction of sp³-hybridized carbons (Fsp3) is 0.391. The normalized spacial score (nSPS) is 12.3. The van der Waals surface area contributed by atoms with Crippen molar-refractivity contribution < 1.29 is 22.4 Å². The molecule has 0 saturated heterocycles. The Bertz CT molecular complexity index is 1030. The molecule has 9 heteroatoms. The molecule has 0 fully saturated rings. The van der Waals surface area contributed by atoms with E-state index in [4.69, 9.17) is 0 Å². The number of hydrogen-bond donors (Lipinski definition) is 1. The molecule has 2 amide bonds. The van der Waals surface area contributed by atoms with Crippen LogP contribution in [0.2, 0.25) is 0 Å². The highest BCUT2D eigenvalue weighted by Crippen LogP contribution is 2.19. The lowest BCUT2D eigenvalue weighted by molar-refractivity contribution is -0.139. The molecular formula is C23H30FN3O4S. The lowest BCUT2D eigenvalue weighted by atomic mass is 10.1. The van der Waals surface area contributed by atoms with Crippen molar-refractivity contribution in [3.63, 3.8) is 0 Å². The van der Waals surface area contributed by atoms with E-state index in [0.717, 1.165) is 10.6 Å². The second-order valence-electron chi connectivity index (χ2n) is 8.03. The lowest BCUT2D eigenvalue weighted by Crippen LogP contribution is -2.51. The van der Waals surface area contributed by atoms with Gasteiger partial charge in [0.05, 0.1) is 11.9 Å². The van der Waals surface area contributed by atoms with Gasteiger partial charge in [-0.3, -0.25) is 13.9 Å². The summed E-state index contributed by atoms with van der Waals surface area (Å²) in [6, 6.07) is 13.3. The molecule has 0 saturated carbocycles. The number of amides is 2. The van der Waals surface area contributed by atoms with Crippen LogP contribution < -0.4 is 9.62 Å². The number of hydrogen-bond acceptors (Lipinski definition) is 4. The number of carbonyl (C=O) groups is 2. The van der Waals surface area contributed by atoms with Crippen LogP contribution in [0.3, 0.4) is 0 Å². The molecule has 1 N–H and O–H groups in total. The van der Waals surface area contributed by atoms with Crippen LogP contribution in [0.1, 0.15) is 26.3 Å². The zero-order chi connectivity index (χ0) is 23.9. The number of carbonyl (C=O) groups excluding carboxylic acids is 2. The van der Waals surface area contributed by atoms with Crippen LogP contribution in [0.5, 0.6) is 0 Å². The summed E-state index contributed by atoms with van der Waals surface area (Å²) >= 11 is 0. The number of sulfonamides is 1. The second-order valence-corrected chi connectivity index (χ2v) is 9.94. The maximum absolute atomic E-state index is 14.3. The van der Waals surface area contributed by atoms with Crippen LogP contribution in [0, 0.1) is 11.7 Å². The fourth-order valence-corrected chi connectivity index (χ4v) is 3.90. The molecule has 0 aliphatic carbocycles. The van der Waals surface area contributed by atoms with Crippen molar-refractivity contribution in [3.05, 3.63) is 66.0 Å². The van der Waals surface area contributed by atoms with Crippen LogP contribution in [0.15, 0.2) is 54.6 Å². The maximum atomic E-state index is 14.3. The van der Waals surface area contributed by atoms with Crippen molar-refractivity contribution in [3.8, 4) is 0 Å². The Morgan fingerprint density at radius 3 is 2.16 bits per heavy atom. The van der Waals surface area contributed by atoms with E-state index in [-0.39, 0.29) is 18.0 Å². The highest BCUT2D eigenvalue weighted by Gasteiger charge is 2.30. The van der Waals surface area contributed by atoms with Crippen LogP contribution in [0.25, 0.3) is 0 Å². The lowest BCUT2D eigenvalue weighted by Gasteiger charge is -2.31. The van der Waals surface area contributed by atoms with E-state index in [9.17, 15) is 22.4 Å². The molecule has 0 aliphatic rings. The highest BCUT2D eigenvalue weighted by molar-refractivity contribution is 7.92. The average Bonchev–Trinajstić information content (AvgIpc) is 2.74. The van der Waals surface area contributed by atoms with E-state index < -0.39 is 40.2 Å². The Labute approximate surface area is 189 Å². The van der Waals surface area contributed by atoms with Crippen molar-refractivity contribution in [1.29, 1.82) is 0 Å².